The number of piperidine rings is 1. The second-order valence-electron chi connectivity index (χ2n) is 12.1. The van der Waals surface area contributed by atoms with Gasteiger partial charge in [-0.1, -0.05) is 18.2 Å². The van der Waals surface area contributed by atoms with Crippen molar-refractivity contribution in [1.29, 1.82) is 0 Å². The van der Waals surface area contributed by atoms with Gasteiger partial charge in [0.25, 0.3) is 11.8 Å². The van der Waals surface area contributed by atoms with Gasteiger partial charge in [0, 0.05) is 44.7 Å². The van der Waals surface area contributed by atoms with E-state index in [1.807, 2.05) is 6.07 Å². The number of hydrogen-bond donors (Lipinski definition) is 4. The SMILES string of the molecule is CC(C)(C)OC(=O)NCc1cccc(NC(=O)CCCOCCCC(=O)Nc2cccc3c2C(=O)N(C2CCC(=O)NC2=O)C3=O)c1. The number of amides is 7. The number of rotatable bonds is 13. The number of carbonyl (C=O) groups excluding carboxylic acids is 7. The highest BCUT2D eigenvalue weighted by Crippen LogP contribution is 2.32. The number of fused-ring (bicyclic) bond motifs is 1. The topological polar surface area (TPSA) is 189 Å². The Morgan fingerprint density at radius 1 is 0.915 bits per heavy atom. The van der Waals surface area contributed by atoms with Crippen molar-refractivity contribution in [3.8, 4) is 0 Å². The number of carbonyl (C=O) groups is 7. The van der Waals surface area contributed by atoms with Crippen LogP contribution in [0.1, 0.15) is 85.6 Å². The van der Waals surface area contributed by atoms with Crippen LogP contribution in [0.2, 0.25) is 0 Å². The van der Waals surface area contributed by atoms with E-state index in [4.69, 9.17) is 9.47 Å². The summed E-state index contributed by atoms with van der Waals surface area (Å²) in [5.41, 5.74) is 1.05. The van der Waals surface area contributed by atoms with Gasteiger partial charge < -0.3 is 25.4 Å². The molecule has 0 saturated carbocycles. The largest absolute Gasteiger partial charge is 0.444 e. The molecule has 4 rings (SSSR count). The lowest BCUT2D eigenvalue weighted by atomic mass is 10.0. The molecule has 250 valence electrons. The molecular weight excluding hydrogens is 610 g/mol. The van der Waals surface area contributed by atoms with Gasteiger partial charge >= 0.3 is 6.09 Å². The summed E-state index contributed by atoms with van der Waals surface area (Å²) in [6, 6.07) is 10.5. The van der Waals surface area contributed by atoms with Crippen LogP contribution < -0.4 is 21.3 Å². The van der Waals surface area contributed by atoms with E-state index < -0.39 is 41.4 Å². The minimum atomic E-state index is -1.10. The Hall–Kier alpha value is -5.11. The molecule has 1 unspecified atom stereocenters. The Bertz CT molecular complexity index is 1570. The van der Waals surface area contributed by atoms with Crippen molar-refractivity contribution >= 4 is 52.9 Å². The molecule has 2 heterocycles. The zero-order valence-corrected chi connectivity index (χ0v) is 26.6. The fourth-order valence-corrected chi connectivity index (χ4v) is 5.07. The fraction of sp³-hybridized carbons (Fsp3) is 0.424. The summed E-state index contributed by atoms with van der Waals surface area (Å²) >= 11 is 0. The lowest BCUT2D eigenvalue weighted by molar-refractivity contribution is -0.136. The van der Waals surface area contributed by atoms with E-state index in [-0.39, 0.29) is 67.5 Å². The quantitative estimate of drug-likeness (QED) is 0.186. The number of imide groups is 2. The van der Waals surface area contributed by atoms with Crippen molar-refractivity contribution in [2.24, 2.45) is 0 Å². The van der Waals surface area contributed by atoms with Gasteiger partial charge in [-0.2, -0.15) is 0 Å². The summed E-state index contributed by atoms with van der Waals surface area (Å²) in [4.78, 5) is 87.6. The summed E-state index contributed by atoms with van der Waals surface area (Å²) in [6.07, 6.45) is 0.675. The van der Waals surface area contributed by atoms with Crippen molar-refractivity contribution in [1.82, 2.24) is 15.5 Å². The maximum absolute atomic E-state index is 13.2. The summed E-state index contributed by atoms with van der Waals surface area (Å²) in [6.45, 7) is 6.18. The normalized spacial score (nSPS) is 16.0. The Labute approximate surface area is 271 Å². The van der Waals surface area contributed by atoms with Gasteiger partial charge in [-0.15, -0.1) is 0 Å². The molecule has 0 aromatic heterocycles. The minimum Gasteiger partial charge on any atom is -0.444 e. The molecule has 0 radical (unpaired) electrons. The summed E-state index contributed by atoms with van der Waals surface area (Å²) in [7, 11) is 0. The molecule has 0 bridgehead atoms. The molecule has 47 heavy (non-hydrogen) atoms. The van der Waals surface area contributed by atoms with Crippen LogP contribution in [0.25, 0.3) is 0 Å². The van der Waals surface area contributed by atoms with Crippen molar-refractivity contribution in [2.75, 3.05) is 23.8 Å². The predicted molar refractivity (Wildman–Crippen MR) is 169 cm³/mol. The highest BCUT2D eigenvalue weighted by atomic mass is 16.6. The van der Waals surface area contributed by atoms with Crippen LogP contribution >= 0.6 is 0 Å². The van der Waals surface area contributed by atoms with Gasteiger partial charge in [-0.05, 0) is 69.9 Å². The fourth-order valence-electron chi connectivity index (χ4n) is 5.07. The number of alkyl carbamates (subject to hydrolysis) is 1. The summed E-state index contributed by atoms with van der Waals surface area (Å²) < 4.78 is 10.8. The van der Waals surface area contributed by atoms with Crippen molar-refractivity contribution < 1.29 is 43.0 Å². The molecule has 0 spiro atoms. The third-order valence-corrected chi connectivity index (χ3v) is 7.17. The lowest BCUT2D eigenvalue weighted by Gasteiger charge is -2.27. The number of ether oxygens (including phenoxy) is 2. The maximum Gasteiger partial charge on any atom is 0.407 e. The van der Waals surface area contributed by atoms with Crippen LogP contribution in [0, 0.1) is 0 Å². The van der Waals surface area contributed by atoms with Crippen LogP contribution in [0.3, 0.4) is 0 Å². The second kappa shape index (κ2) is 15.5. The van der Waals surface area contributed by atoms with Crippen LogP contribution in [-0.2, 0) is 35.2 Å². The Balaban J connectivity index is 1.14. The second-order valence-corrected chi connectivity index (χ2v) is 12.1. The predicted octanol–water partition coefficient (Wildman–Crippen LogP) is 3.27. The number of anilines is 2. The van der Waals surface area contributed by atoms with Gasteiger partial charge in [0.15, 0.2) is 0 Å². The van der Waals surface area contributed by atoms with Gasteiger partial charge in [-0.3, -0.25) is 39.0 Å². The maximum atomic E-state index is 13.2. The first kappa shape index (κ1) is 34.8. The Morgan fingerprint density at radius 3 is 2.28 bits per heavy atom. The lowest BCUT2D eigenvalue weighted by Crippen LogP contribution is -2.54. The first-order chi connectivity index (χ1) is 22.3. The van der Waals surface area contributed by atoms with Crippen molar-refractivity contribution in [3.05, 3.63) is 59.2 Å². The number of nitrogens with one attached hydrogen (secondary N) is 4. The monoisotopic (exact) mass is 649 g/mol. The Kier molecular flexibility index (Phi) is 11.4. The van der Waals surface area contributed by atoms with Crippen molar-refractivity contribution in [3.63, 3.8) is 0 Å². The molecule has 2 aliphatic heterocycles. The van der Waals surface area contributed by atoms with E-state index in [2.05, 4.69) is 21.3 Å². The van der Waals surface area contributed by atoms with E-state index in [9.17, 15) is 33.6 Å². The average Bonchev–Trinajstić information content (AvgIpc) is 3.25. The average molecular weight is 650 g/mol. The number of benzene rings is 2. The molecule has 2 aromatic carbocycles. The van der Waals surface area contributed by atoms with Crippen LogP contribution in [0.15, 0.2) is 42.5 Å². The zero-order valence-electron chi connectivity index (χ0n) is 26.6. The van der Waals surface area contributed by atoms with E-state index in [1.54, 1.807) is 39.0 Å². The first-order valence-corrected chi connectivity index (χ1v) is 15.4. The molecule has 7 amide bonds. The molecule has 14 heteroatoms. The number of hydrogen-bond acceptors (Lipinski definition) is 9. The minimum absolute atomic E-state index is 0.00858. The Morgan fingerprint density at radius 2 is 1.60 bits per heavy atom. The number of nitrogens with zero attached hydrogens (tertiary/aromatic N) is 1. The van der Waals surface area contributed by atoms with E-state index in [0.29, 0.717) is 25.1 Å². The zero-order chi connectivity index (χ0) is 34.1. The highest BCUT2D eigenvalue weighted by molar-refractivity contribution is 6.26. The smallest absolute Gasteiger partial charge is 0.407 e. The molecule has 0 aliphatic carbocycles. The molecular formula is C33H39N5O9. The van der Waals surface area contributed by atoms with Gasteiger partial charge in [0.2, 0.25) is 23.6 Å². The van der Waals surface area contributed by atoms with Crippen LogP contribution in [-0.4, -0.2) is 71.3 Å². The third kappa shape index (κ3) is 9.69. The van der Waals surface area contributed by atoms with Gasteiger partial charge in [0.05, 0.1) is 16.8 Å². The molecule has 2 aromatic rings. The summed E-state index contributed by atoms with van der Waals surface area (Å²) in [5, 5.41) is 10.3. The highest BCUT2D eigenvalue weighted by Gasteiger charge is 2.45. The van der Waals surface area contributed by atoms with Crippen LogP contribution in [0.4, 0.5) is 16.2 Å². The third-order valence-electron chi connectivity index (χ3n) is 7.17. The molecule has 14 nitrogen and oxygen atoms in total. The van der Waals surface area contributed by atoms with Crippen LogP contribution in [0.5, 0.6) is 0 Å². The summed E-state index contributed by atoms with van der Waals surface area (Å²) in [5.74, 6) is -3.10. The first-order valence-electron chi connectivity index (χ1n) is 15.4. The molecule has 2 aliphatic rings. The molecule has 4 N–H and O–H groups in total. The van der Waals surface area contributed by atoms with E-state index >= 15 is 0 Å². The molecule has 1 saturated heterocycles. The van der Waals surface area contributed by atoms with Gasteiger partial charge in [-0.25, -0.2) is 4.79 Å². The molecule has 1 atom stereocenters. The van der Waals surface area contributed by atoms with E-state index in [1.165, 1.54) is 18.2 Å². The van der Waals surface area contributed by atoms with E-state index in [0.717, 1.165) is 10.5 Å². The molecule has 1 fully saturated rings. The van der Waals surface area contributed by atoms with Crippen molar-refractivity contribution in [2.45, 2.75) is 77.5 Å². The standard InChI is InChI=1S/C33H39N5O9/c1-33(2,3)47-32(45)34-19-20-8-4-9-21(18-20)35-25(39)12-6-16-46-17-7-13-26(40)36-23-11-5-10-22-28(23)31(44)38(30(22)43)24-14-15-27(41)37-29(24)42/h4-5,8-11,18,24H,6-7,12-17,19H2,1-3H3,(H,34,45)(H,35,39)(H,36,40)(H,37,41,42). The van der Waals surface area contributed by atoms with Gasteiger partial charge in [0.1, 0.15) is 11.6 Å².